The van der Waals surface area contributed by atoms with Gasteiger partial charge >= 0.3 is 5.97 Å². The lowest BCUT2D eigenvalue weighted by Crippen LogP contribution is -2.30. The lowest BCUT2D eigenvalue weighted by molar-refractivity contribution is -0.123. The van der Waals surface area contributed by atoms with E-state index in [1.165, 1.54) is 11.1 Å². The highest BCUT2D eigenvalue weighted by Gasteiger charge is 2.21. The average molecular weight is 312 g/mol. The van der Waals surface area contributed by atoms with Gasteiger partial charge in [-0.25, -0.2) is 4.79 Å². The maximum Gasteiger partial charge on any atom is 0.355 e. The Kier molecular flexibility index (Phi) is 4.19. The highest BCUT2D eigenvalue weighted by Crippen LogP contribution is 2.25. The van der Waals surface area contributed by atoms with Gasteiger partial charge in [0.05, 0.1) is 0 Å². The molecule has 5 nitrogen and oxygen atoms in total. The van der Waals surface area contributed by atoms with Crippen molar-refractivity contribution in [1.29, 1.82) is 0 Å². The fourth-order valence-corrected chi connectivity index (χ4v) is 2.84. The molecule has 1 atom stereocenters. The molecular weight excluding hydrogens is 292 g/mol. The molecule has 120 valence electrons. The topological polar surface area (TPSA) is 60.3 Å². The van der Waals surface area contributed by atoms with E-state index in [2.05, 4.69) is 11.4 Å². The molecule has 0 spiro atoms. The molecule has 0 unspecified atom stereocenters. The molecule has 0 saturated heterocycles. The van der Waals surface area contributed by atoms with Crippen molar-refractivity contribution < 1.29 is 14.3 Å². The summed E-state index contributed by atoms with van der Waals surface area (Å²) in [4.78, 5) is 24.2. The van der Waals surface area contributed by atoms with E-state index in [1.54, 1.807) is 36.9 Å². The van der Waals surface area contributed by atoms with Gasteiger partial charge in [-0.2, -0.15) is 0 Å². The third-order valence-corrected chi connectivity index (χ3v) is 4.17. The first-order valence-corrected chi connectivity index (χ1v) is 7.79. The monoisotopic (exact) mass is 312 g/mol. The lowest BCUT2D eigenvalue weighted by Gasteiger charge is -2.14. The molecule has 1 aromatic carbocycles. The first-order chi connectivity index (χ1) is 11.0. The molecule has 1 N–H and O–H groups in total. The van der Waals surface area contributed by atoms with Crippen molar-refractivity contribution in [3.05, 3.63) is 53.3 Å². The van der Waals surface area contributed by atoms with Crippen LogP contribution in [-0.2, 0) is 29.4 Å². The Morgan fingerprint density at radius 3 is 2.74 bits per heavy atom. The summed E-state index contributed by atoms with van der Waals surface area (Å²) >= 11 is 0. The van der Waals surface area contributed by atoms with Gasteiger partial charge in [0.1, 0.15) is 5.69 Å². The predicted octanol–water partition coefficient (Wildman–Crippen LogP) is 2.70. The van der Waals surface area contributed by atoms with E-state index in [9.17, 15) is 9.59 Å². The number of nitrogens with one attached hydrogen (secondary N) is 1. The summed E-state index contributed by atoms with van der Waals surface area (Å²) in [7, 11) is 1.76. The van der Waals surface area contributed by atoms with Gasteiger partial charge < -0.3 is 14.6 Å². The van der Waals surface area contributed by atoms with Crippen LogP contribution in [0.5, 0.6) is 0 Å². The van der Waals surface area contributed by atoms with Crippen molar-refractivity contribution in [1.82, 2.24) is 4.57 Å². The largest absolute Gasteiger partial charge is 0.448 e. The Hall–Kier alpha value is -2.56. The number of rotatable bonds is 4. The number of carbonyl (C=O) groups is 2. The molecule has 5 heteroatoms. The molecule has 1 aromatic heterocycles. The number of hydrogen-bond donors (Lipinski definition) is 1. The van der Waals surface area contributed by atoms with Crippen LogP contribution in [0.4, 0.5) is 5.69 Å². The third-order valence-electron chi connectivity index (χ3n) is 4.17. The van der Waals surface area contributed by atoms with Crippen molar-refractivity contribution >= 4 is 17.6 Å². The van der Waals surface area contributed by atoms with Crippen LogP contribution in [0.1, 0.15) is 35.0 Å². The maximum absolute atomic E-state index is 12.2. The van der Waals surface area contributed by atoms with Crippen LogP contribution in [0.2, 0.25) is 0 Å². The summed E-state index contributed by atoms with van der Waals surface area (Å²) in [6.45, 7) is 1.57. The van der Waals surface area contributed by atoms with Crippen LogP contribution in [-0.4, -0.2) is 22.5 Å². The van der Waals surface area contributed by atoms with Gasteiger partial charge in [-0.15, -0.1) is 0 Å². The van der Waals surface area contributed by atoms with Gasteiger partial charge in [0.2, 0.25) is 0 Å². The smallest absolute Gasteiger partial charge is 0.355 e. The van der Waals surface area contributed by atoms with Crippen LogP contribution >= 0.6 is 0 Å². The number of esters is 1. The SMILES string of the molecule is C[C@H](OC(=O)c1cccn1C)C(=O)Nc1ccc2c(c1)CCC2. The normalized spacial score (nSPS) is 14.2. The van der Waals surface area contributed by atoms with E-state index >= 15 is 0 Å². The number of nitrogens with zero attached hydrogens (tertiary/aromatic N) is 1. The Labute approximate surface area is 135 Å². The fourth-order valence-electron chi connectivity index (χ4n) is 2.84. The van der Waals surface area contributed by atoms with Gasteiger partial charge in [-0.1, -0.05) is 6.07 Å². The lowest BCUT2D eigenvalue weighted by atomic mass is 10.1. The summed E-state index contributed by atoms with van der Waals surface area (Å²) in [5, 5.41) is 2.81. The number of aryl methyl sites for hydroxylation is 3. The van der Waals surface area contributed by atoms with Crippen LogP contribution < -0.4 is 5.32 Å². The van der Waals surface area contributed by atoms with Crippen molar-refractivity contribution in [2.24, 2.45) is 7.05 Å². The fraction of sp³-hybridized carbons (Fsp3) is 0.333. The quantitative estimate of drug-likeness (QED) is 0.883. The van der Waals surface area contributed by atoms with E-state index in [-0.39, 0.29) is 5.91 Å². The van der Waals surface area contributed by atoms with E-state index in [1.807, 2.05) is 12.1 Å². The number of amides is 1. The first kappa shape index (κ1) is 15.3. The van der Waals surface area contributed by atoms with Crippen molar-refractivity contribution in [3.8, 4) is 0 Å². The van der Waals surface area contributed by atoms with E-state index in [4.69, 9.17) is 4.74 Å². The minimum atomic E-state index is -0.856. The minimum Gasteiger partial charge on any atom is -0.448 e. The van der Waals surface area contributed by atoms with E-state index < -0.39 is 12.1 Å². The van der Waals surface area contributed by atoms with Crippen LogP contribution in [0.3, 0.4) is 0 Å². The predicted molar refractivity (Wildman–Crippen MR) is 87.4 cm³/mol. The molecule has 23 heavy (non-hydrogen) atoms. The molecule has 1 aliphatic carbocycles. The first-order valence-electron chi connectivity index (χ1n) is 7.79. The molecule has 0 saturated carbocycles. The maximum atomic E-state index is 12.2. The molecular formula is C18H20N2O3. The van der Waals surface area contributed by atoms with Crippen LogP contribution in [0.25, 0.3) is 0 Å². The number of aromatic nitrogens is 1. The van der Waals surface area contributed by atoms with Crippen molar-refractivity contribution in [2.45, 2.75) is 32.3 Å². The number of anilines is 1. The number of hydrogen-bond acceptors (Lipinski definition) is 3. The zero-order valence-electron chi connectivity index (χ0n) is 13.3. The zero-order chi connectivity index (χ0) is 16.4. The Morgan fingerprint density at radius 1 is 1.22 bits per heavy atom. The van der Waals surface area contributed by atoms with Gasteiger partial charge in [0.25, 0.3) is 5.91 Å². The highest BCUT2D eigenvalue weighted by molar-refractivity contribution is 5.97. The summed E-state index contributed by atoms with van der Waals surface area (Å²) in [5.74, 6) is -0.834. The van der Waals surface area contributed by atoms with Crippen LogP contribution in [0.15, 0.2) is 36.5 Å². The number of fused-ring (bicyclic) bond motifs is 1. The van der Waals surface area contributed by atoms with Crippen molar-refractivity contribution in [3.63, 3.8) is 0 Å². The molecule has 1 amide bonds. The van der Waals surface area contributed by atoms with E-state index in [0.717, 1.165) is 24.9 Å². The Morgan fingerprint density at radius 2 is 2.00 bits per heavy atom. The summed E-state index contributed by atoms with van der Waals surface area (Å²) < 4.78 is 6.89. The van der Waals surface area contributed by atoms with Gasteiger partial charge in [-0.3, -0.25) is 4.79 Å². The number of ether oxygens (including phenoxy) is 1. The molecule has 2 aromatic rings. The number of carbonyl (C=O) groups excluding carboxylic acids is 2. The zero-order valence-corrected chi connectivity index (χ0v) is 13.3. The molecule has 1 heterocycles. The average Bonchev–Trinajstić information content (AvgIpc) is 3.15. The Balaban J connectivity index is 1.61. The Bertz CT molecular complexity index is 748. The molecule has 0 bridgehead atoms. The van der Waals surface area contributed by atoms with Gasteiger partial charge in [0.15, 0.2) is 6.10 Å². The summed E-state index contributed by atoms with van der Waals surface area (Å²) in [6, 6.07) is 9.37. The molecule has 0 radical (unpaired) electrons. The standard InChI is InChI=1S/C18H20N2O3/c1-12(23-18(22)16-7-4-10-20(16)2)17(21)19-15-9-8-13-5-3-6-14(13)11-15/h4,7-12H,3,5-6H2,1-2H3,(H,19,21)/t12-/m0/s1. The van der Waals surface area contributed by atoms with Crippen molar-refractivity contribution in [2.75, 3.05) is 5.32 Å². The second-order valence-electron chi connectivity index (χ2n) is 5.88. The number of benzene rings is 1. The summed E-state index contributed by atoms with van der Waals surface area (Å²) in [5.41, 5.74) is 3.81. The molecule has 0 aliphatic heterocycles. The summed E-state index contributed by atoms with van der Waals surface area (Å²) in [6.07, 6.45) is 4.22. The third kappa shape index (κ3) is 3.28. The highest BCUT2D eigenvalue weighted by atomic mass is 16.5. The van der Waals surface area contributed by atoms with Gasteiger partial charge in [-0.05, 0) is 61.6 Å². The molecule has 3 rings (SSSR count). The molecule has 0 fully saturated rings. The molecule has 1 aliphatic rings. The van der Waals surface area contributed by atoms with Gasteiger partial charge in [0, 0.05) is 18.9 Å². The van der Waals surface area contributed by atoms with E-state index in [0.29, 0.717) is 5.69 Å². The minimum absolute atomic E-state index is 0.328. The van der Waals surface area contributed by atoms with Crippen LogP contribution in [0, 0.1) is 0 Å². The second-order valence-corrected chi connectivity index (χ2v) is 5.88. The second kappa shape index (κ2) is 6.28.